The third-order valence-corrected chi connectivity index (χ3v) is 22.8. The van der Waals surface area contributed by atoms with Crippen LogP contribution in [0.15, 0.2) is 97.1 Å². The summed E-state index contributed by atoms with van der Waals surface area (Å²) in [6, 6.07) is 34.9. The highest BCUT2D eigenvalue weighted by atomic mass is 28.4. The van der Waals surface area contributed by atoms with Crippen LogP contribution < -0.4 is 40.2 Å². The summed E-state index contributed by atoms with van der Waals surface area (Å²) in [5.41, 5.74) is 25.3. The number of nitrogens with zero attached hydrogens (tertiary/aromatic N) is 1. The number of nitriles is 1. The summed E-state index contributed by atoms with van der Waals surface area (Å²) >= 11 is 0. The number of anilines is 4. The first-order valence-corrected chi connectivity index (χ1v) is 43.0. The molecule has 114 heavy (non-hydrogen) atoms. The number of carbonyl (C=O) groups is 7. The smallest absolute Gasteiger partial charge is 0.339 e. The minimum absolute atomic E-state index is 0.0115. The maximum Gasteiger partial charge on any atom is 0.339 e. The Bertz CT molecular complexity index is 5220. The van der Waals surface area contributed by atoms with Gasteiger partial charge in [-0.05, 0) is 329 Å². The highest BCUT2D eigenvalue weighted by Crippen LogP contribution is 2.48. The molecule has 5 N–H and O–H groups in total. The first kappa shape index (κ1) is 81.1. The van der Waals surface area contributed by atoms with Gasteiger partial charge in [-0.25, -0.2) is 9.59 Å². The minimum Gasteiger partial charge on any atom is -0.493 e. The van der Waals surface area contributed by atoms with Crippen LogP contribution in [0.3, 0.4) is 0 Å². The summed E-state index contributed by atoms with van der Waals surface area (Å²) in [5.74, 6) is 2.47. The number of carbonyl (C=O) groups excluding carboxylic acids is 7. The molecule has 8 aliphatic heterocycles. The average Bonchev–Trinajstić information content (AvgIpc) is 0.760. The van der Waals surface area contributed by atoms with E-state index in [1.165, 1.54) is 25.3 Å². The first-order chi connectivity index (χ1) is 54.6. The zero-order chi connectivity index (χ0) is 81.0. The quantitative estimate of drug-likeness (QED) is 0.0407. The lowest BCUT2D eigenvalue weighted by Gasteiger charge is -2.32. The number of hydrogen-bond acceptors (Lipinski definition) is 17. The molecule has 8 aromatic carbocycles. The Morgan fingerprint density at radius 3 is 1.14 bits per heavy atom. The van der Waals surface area contributed by atoms with Gasteiger partial charge >= 0.3 is 11.9 Å². The van der Waals surface area contributed by atoms with Gasteiger partial charge in [-0.1, -0.05) is 24.3 Å². The Balaban J connectivity index is 0.000000133. The van der Waals surface area contributed by atoms with Crippen molar-refractivity contribution in [3.63, 3.8) is 0 Å². The molecule has 4 amide bonds. The topological polar surface area (TPSA) is 285 Å². The molecule has 8 heterocycles. The van der Waals surface area contributed by atoms with E-state index in [1.807, 2.05) is 115 Å². The van der Waals surface area contributed by atoms with E-state index >= 15 is 0 Å². The lowest BCUT2D eigenvalue weighted by molar-refractivity contribution is -0.164. The van der Waals surface area contributed by atoms with Crippen LogP contribution in [0.5, 0.6) is 23.0 Å². The molecule has 0 bridgehead atoms. The van der Waals surface area contributed by atoms with Crippen LogP contribution in [0.4, 0.5) is 22.7 Å². The Hall–Kier alpha value is -11.0. The lowest BCUT2D eigenvalue weighted by atomic mass is 9.83. The van der Waals surface area contributed by atoms with E-state index in [4.69, 9.17) is 37.6 Å². The van der Waals surface area contributed by atoms with Crippen molar-refractivity contribution in [1.29, 1.82) is 5.26 Å². The summed E-state index contributed by atoms with van der Waals surface area (Å²) in [7, 11) is 0.654. The zero-order valence-electron chi connectivity index (χ0n) is 67.2. The van der Waals surface area contributed by atoms with E-state index in [0.29, 0.717) is 68.2 Å². The van der Waals surface area contributed by atoms with Crippen LogP contribution in [0.1, 0.15) is 184 Å². The fourth-order valence-electron chi connectivity index (χ4n) is 16.9. The number of aliphatic hydroxyl groups excluding tert-OH is 1. The second kappa shape index (κ2) is 34.4. The number of aryl methyl sites for hydroxylation is 8. The standard InChI is InChI=1S/C26H31NO5.C24H28N2O3Si.C22H23NO5.C20H19NO3/c1-15-13-19-18(9-11-21(28)27-19)23(24(25(29)30-5)32-26(2,3)4)22(15)17-8-10-20-16(14-17)7-6-12-31-20;1-15-12-19-18(8-10-22(27)26-19)24(21(14-25)29-30(2,3)4)23(15)17-7-9-20-16(13-17)6-5-11-28-20;1-12-10-16-15(6-8-18(24)23-16)20(21(25)22(26)27-2)19(12)14-5-7-17-13(11-14)4-3-9-28-17;1-12-9-17-15(5-7-19(23)21-17)16(11-22)20(12)14-4-6-18-13(10-14)3-2-8-24-18/h8,10,13-14,24H,6-7,9,11-12H2,1-5H3,(H,27,28);7,9,12-13,21H,5-6,8,10-11H2,1-4H3,(H,26,27);5,7,10-11,21,25H,3-4,6,8-9H2,1-2H3,(H,23,24);4,6,9-11H,2-3,5,7-8H2,1H3,(H,21,23). The summed E-state index contributed by atoms with van der Waals surface area (Å²) in [5, 5.41) is 32.6. The predicted octanol–water partition coefficient (Wildman–Crippen LogP) is 17.0. The van der Waals surface area contributed by atoms with Crippen molar-refractivity contribution in [1.82, 2.24) is 0 Å². The number of rotatable bonds is 13. The van der Waals surface area contributed by atoms with Crippen molar-refractivity contribution >= 4 is 72.9 Å². The molecule has 0 radical (unpaired) electrons. The van der Waals surface area contributed by atoms with E-state index in [9.17, 15) is 43.9 Å². The van der Waals surface area contributed by atoms with Gasteiger partial charge in [0.25, 0.3) is 0 Å². The Labute approximate surface area is 667 Å². The molecule has 8 aromatic rings. The van der Waals surface area contributed by atoms with Crippen LogP contribution in [0.25, 0.3) is 44.5 Å². The van der Waals surface area contributed by atoms with Crippen LogP contribution in [0.2, 0.25) is 19.6 Å². The number of hydrogen-bond donors (Lipinski definition) is 5. The summed E-state index contributed by atoms with van der Waals surface area (Å²) in [4.78, 5) is 84.7. The molecule has 3 unspecified atom stereocenters. The maximum atomic E-state index is 13.0. The van der Waals surface area contributed by atoms with Gasteiger partial charge in [-0.15, -0.1) is 0 Å². The van der Waals surface area contributed by atoms with Crippen LogP contribution in [0, 0.1) is 39.0 Å². The van der Waals surface area contributed by atoms with Crippen molar-refractivity contribution in [2.45, 2.75) is 195 Å². The molecule has 594 valence electrons. The second-order valence-corrected chi connectivity index (χ2v) is 36.7. The summed E-state index contributed by atoms with van der Waals surface area (Å²) in [6.07, 6.45) is 9.54. The molecule has 0 saturated heterocycles. The molecule has 0 fully saturated rings. The highest BCUT2D eigenvalue weighted by Gasteiger charge is 2.38. The monoisotopic (exact) mass is 1560 g/mol. The molecule has 21 nitrogen and oxygen atoms in total. The van der Waals surface area contributed by atoms with Gasteiger partial charge in [-0.3, -0.25) is 24.0 Å². The lowest BCUT2D eigenvalue weighted by Crippen LogP contribution is -2.31. The minimum atomic E-state index is -1.98. The highest BCUT2D eigenvalue weighted by molar-refractivity contribution is 6.69. The van der Waals surface area contributed by atoms with Crippen molar-refractivity contribution in [3.05, 3.63) is 186 Å². The summed E-state index contributed by atoms with van der Waals surface area (Å²) < 4.78 is 45.6. The number of fused-ring (bicyclic) bond motifs is 8. The number of methoxy groups -OCH3 is 2. The van der Waals surface area contributed by atoms with Gasteiger partial charge in [0.2, 0.25) is 23.6 Å². The molecule has 22 heteroatoms. The molecule has 3 atom stereocenters. The molecular weight excluding hydrogens is 1460 g/mol. The maximum absolute atomic E-state index is 13.0. The predicted molar refractivity (Wildman–Crippen MR) is 440 cm³/mol. The normalized spacial score (nSPS) is 16.3. The van der Waals surface area contributed by atoms with Crippen molar-refractivity contribution in [3.8, 4) is 73.6 Å². The third kappa shape index (κ3) is 17.7. The van der Waals surface area contributed by atoms with Gasteiger partial charge < -0.3 is 64.0 Å². The van der Waals surface area contributed by atoms with E-state index < -0.39 is 44.2 Å². The van der Waals surface area contributed by atoms with Crippen LogP contribution in [-0.2, 0) is 98.8 Å². The molecular formula is C92H101N5O16Si. The van der Waals surface area contributed by atoms with Crippen LogP contribution >= 0.6 is 0 Å². The first-order valence-electron chi connectivity index (χ1n) is 39.5. The van der Waals surface area contributed by atoms with Gasteiger partial charge in [0, 0.05) is 70.7 Å². The molecule has 0 saturated carbocycles. The van der Waals surface area contributed by atoms with Gasteiger partial charge in [-0.2, -0.15) is 5.26 Å². The Morgan fingerprint density at radius 2 is 0.789 bits per heavy atom. The average molecular weight is 1560 g/mol. The fraction of sp³-hybridized carbons (Fsp3) is 0.391. The number of ether oxygens (including phenoxy) is 7. The SMILES string of the molecule is COC(=O)C(O)c1c2c(cc(C)c1-c1ccc3c(c1)CCCO3)NC(=O)CC2.COC(=O)C(OC(C)(C)C)c1c2c(cc(C)c1-c1ccc3c(c1)CCCO3)NC(=O)CC2.Cc1cc2c(c(C(C#N)O[Si](C)(C)C)c1-c1ccc3c(c1)CCCO3)CCC(=O)N2.Cc1cc2c(c(C=O)c1-c1ccc3c(c1)CCCO3)CCC(=O)N2. The van der Waals surface area contributed by atoms with Crippen molar-refractivity contribution in [2.75, 3.05) is 61.9 Å². The van der Waals surface area contributed by atoms with Crippen molar-refractivity contribution < 1.29 is 76.3 Å². The van der Waals surface area contributed by atoms with E-state index in [1.54, 1.807) is 0 Å². The van der Waals surface area contributed by atoms with Crippen LogP contribution in [-0.4, -0.2) is 102 Å². The second-order valence-electron chi connectivity index (χ2n) is 32.2. The van der Waals surface area contributed by atoms with E-state index in [0.717, 1.165) is 235 Å². The number of amides is 4. The number of nitrogens with one attached hydrogen (secondary N) is 4. The fourth-order valence-corrected chi connectivity index (χ4v) is 17.8. The van der Waals surface area contributed by atoms with Crippen molar-refractivity contribution in [2.24, 2.45) is 0 Å². The zero-order valence-corrected chi connectivity index (χ0v) is 68.2. The van der Waals surface area contributed by atoms with E-state index in [-0.39, 0.29) is 23.6 Å². The number of aldehydes is 1. The van der Waals surface area contributed by atoms with E-state index in [2.05, 4.69) is 77.3 Å². The molecule has 8 aliphatic rings. The Kier molecular flexibility index (Phi) is 24.5. The molecule has 0 aromatic heterocycles. The largest absolute Gasteiger partial charge is 0.493 e. The number of benzene rings is 8. The molecule has 16 rings (SSSR count). The van der Waals surface area contributed by atoms with Gasteiger partial charge in [0.15, 0.2) is 32.9 Å². The van der Waals surface area contributed by atoms with Gasteiger partial charge in [0.1, 0.15) is 23.0 Å². The molecule has 0 aliphatic carbocycles. The number of aliphatic hydroxyl groups is 1. The number of esters is 2. The Morgan fingerprint density at radius 1 is 0.465 bits per heavy atom. The summed E-state index contributed by atoms with van der Waals surface area (Å²) in [6.45, 7) is 23.0. The molecule has 0 spiro atoms. The third-order valence-electron chi connectivity index (χ3n) is 21.8. The van der Waals surface area contributed by atoms with Gasteiger partial charge in [0.05, 0.1) is 52.3 Å².